The van der Waals surface area contributed by atoms with Crippen molar-refractivity contribution in [2.45, 2.75) is 38.1 Å². The van der Waals surface area contributed by atoms with E-state index >= 15 is 0 Å². The Morgan fingerprint density at radius 3 is 2.61 bits per heavy atom. The zero-order chi connectivity index (χ0) is 16.0. The molecule has 0 aliphatic heterocycles. The highest BCUT2D eigenvalue weighted by Crippen LogP contribution is 2.39. The number of nitrogens with two attached hydrogens (primary N) is 1. The minimum Gasteiger partial charge on any atom is -0.334 e. The summed E-state index contributed by atoms with van der Waals surface area (Å²) in [5, 5.41) is 6.95. The molecule has 0 bridgehead atoms. The second kappa shape index (κ2) is 5.16. The third kappa shape index (κ3) is 2.63. The summed E-state index contributed by atoms with van der Waals surface area (Å²) in [6.45, 7) is 2.09. The van der Waals surface area contributed by atoms with Gasteiger partial charge in [-0.1, -0.05) is 12.1 Å². The molecule has 2 unspecified atom stereocenters. The Morgan fingerprint density at radius 1 is 1.35 bits per heavy atom. The van der Waals surface area contributed by atoms with Gasteiger partial charge in [-0.25, -0.2) is 0 Å². The van der Waals surface area contributed by atoms with Gasteiger partial charge in [-0.05, 0) is 55.9 Å². The largest absolute Gasteiger partial charge is 0.334 e. The summed E-state index contributed by atoms with van der Waals surface area (Å²) >= 11 is 0. The summed E-state index contributed by atoms with van der Waals surface area (Å²) in [7, 11) is 0. The molecule has 2 aliphatic carbocycles. The predicted octanol–water partition coefficient (Wildman–Crippen LogP) is 2.67. The fourth-order valence-corrected chi connectivity index (χ4v) is 2.94. The van der Waals surface area contributed by atoms with Crippen LogP contribution in [0.15, 0.2) is 28.8 Å². The molecule has 0 saturated heterocycles. The van der Waals surface area contributed by atoms with Crippen LogP contribution in [0.4, 0.5) is 5.69 Å². The van der Waals surface area contributed by atoms with Gasteiger partial charge in [0.15, 0.2) is 5.82 Å². The maximum Gasteiger partial charge on any atom is 0.257 e. The van der Waals surface area contributed by atoms with E-state index in [9.17, 15) is 4.79 Å². The molecule has 2 aliphatic rings. The lowest BCUT2D eigenvalue weighted by Gasteiger charge is -2.34. The van der Waals surface area contributed by atoms with Crippen LogP contribution in [-0.4, -0.2) is 16.0 Å². The molecule has 6 nitrogen and oxygen atoms in total. The van der Waals surface area contributed by atoms with E-state index in [2.05, 4.69) is 22.4 Å². The number of nitrogens with one attached hydrogen (secondary N) is 1. The Labute approximate surface area is 134 Å². The standard InChI is InChI=1S/C17H20N4O2/c1-10-9-13(10)14(22)19-12-5-3-11(4-6-12)15-20-16(21-23-15)17(18)7-2-8-17/h3-6,10,13H,2,7-9,18H2,1H3,(H,19,22). The summed E-state index contributed by atoms with van der Waals surface area (Å²) in [6.07, 6.45) is 3.89. The van der Waals surface area contributed by atoms with Crippen LogP contribution >= 0.6 is 0 Å². The molecule has 6 heteroatoms. The van der Waals surface area contributed by atoms with Crippen LogP contribution in [0, 0.1) is 11.8 Å². The van der Waals surface area contributed by atoms with Crippen molar-refractivity contribution in [3.8, 4) is 11.5 Å². The van der Waals surface area contributed by atoms with Crippen molar-refractivity contribution in [2.75, 3.05) is 5.32 Å². The molecule has 2 atom stereocenters. The zero-order valence-corrected chi connectivity index (χ0v) is 13.1. The second-order valence-electron chi connectivity index (χ2n) is 6.82. The van der Waals surface area contributed by atoms with E-state index < -0.39 is 5.54 Å². The van der Waals surface area contributed by atoms with E-state index in [1.165, 1.54) is 0 Å². The fourth-order valence-electron chi connectivity index (χ4n) is 2.94. The Morgan fingerprint density at radius 2 is 2.04 bits per heavy atom. The first-order valence-corrected chi connectivity index (χ1v) is 8.09. The van der Waals surface area contributed by atoms with Gasteiger partial charge in [-0.15, -0.1) is 0 Å². The lowest BCUT2D eigenvalue weighted by molar-refractivity contribution is -0.117. The minimum absolute atomic E-state index is 0.0976. The quantitative estimate of drug-likeness (QED) is 0.905. The highest BCUT2D eigenvalue weighted by Gasteiger charge is 2.39. The number of benzene rings is 1. The number of amides is 1. The first-order chi connectivity index (χ1) is 11.0. The summed E-state index contributed by atoms with van der Waals surface area (Å²) in [5.74, 6) is 1.81. The normalized spacial score (nSPS) is 24.8. The molecule has 1 aromatic carbocycles. The molecule has 4 rings (SSSR count). The van der Waals surface area contributed by atoms with E-state index in [0.717, 1.165) is 36.9 Å². The number of hydrogen-bond donors (Lipinski definition) is 2. The highest BCUT2D eigenvalue weighted by atomic mass is 16.5. The number of rotatable bonds is 4. The summed E-state index contributed by atoms with van der Waals surface area (Å²) in [5.41, 5.74) is 7.40. The van der Waals surface area contributed by atoms with E-state index in [1.54, 1.807) is 0 Å². The van der Waals surface area contributed by atoms with Crippen molar-refractivity contribution in [1.82, 2.24) is 10.1 Å². The SMILES string of the molecule is CC1CC1C(=O)Nc1ccc(-c2nc(C3(N)CCC3)no2)cc1. The van der Waals surface area contributed by atoms with Crippen molar-refractivity contribution in [3.63, 3.8) is 0 Å². The van der Waals surface area contributed by atoms with Crippen LogP contribution in [-0.2, 0) is 10.3 Å². The topological polar surface area (TPSA) is 94.0 Å². The first kappa shape index (κ1) is 14.4. The van der Waals surface area contributed by atoms with E-state index in [0.29, 0.717) is 17.6 Å². The average molecular weight is 312 g/mol. The third-order valence-corrected chi connectivity index (χ3v) is 4.96. The van der Waals surface area contributed by atoms with Gasteiger partial charge in [-0.3, -0.25) is 4.79 Å². The Bertz CT molecular complexity index is 733. The van der Waals surface area contributed by atoms with Gasteiger partial charge < -0.3 is 15.6 Å². The fraction of sp³-hybridized carbons (Fsp3) is 0.471. The molecule has 2 saturated carbocycles. The Kier molecular flexibility index (Phi) is 3.23. The molecule has 23 heavy (non-hydrogen) atoms. The van der Waals surface area contributed by atoms with Crippen LogP contribution < -0.4 is 11.1 Å². The Balaban J connectivity index is 1.46. The van der Waals surface area contributed by atoms with Crippen LogP contribution in [0.3, 0.4) is 0 Å². The molecule has 2 aromatic rings. The van der Waals surface area contributed by atoms with Crippen molar-refractivity contribution < 1.29 is 9.32 Å². The number of nitrogens with zero attached hydrogens (tertiary/aromatic N) is 2. The van der Waals surface area contributed by atoms with Gasteiger partial charge in [0.2, 0.25) is 5.91 Å². The van der Waals surface area contributed by atoms with Crippen molar-refractivity contribution in [3.05, 3.63) is 30.1 Å². The maximum absolute atomic E-state index is 11.9. The number of hydrogen-bond acceptors (Lipinski definition) is 5. The average Bonchev–Trinajstić information content (AvgIpc) is 3.05. The molecule has 1 amide bonds. The predicted molar refractivity (Wildman–Crippen MR) is 85.4 cm³/mol. The van der Waals surface area contributed by atoms with Gasteiger partial charge in [0.1, 0.15) is 0 Å². The maximum atomic E-state index is 11.9. The van der Waals surface area contributed by atoms with Crippen LogP contribution in [0.5, 0.6) is 0 Å². The molecular formula is C17H20N4O2. The molecule has 3 N–H and O–H groups in total. The van der Waals surface area contributed by atoms with E-state index in [-0.39, 0.29) is 11.8 Å². The number of aromatic nitrogens is 2. The molecule has 1 heterocycles. The van der Waals surface area contributed by atoms with Crippen LogP contribution in [0.25, 0.3) is 11.5 Å². The summed E-state index contributed by atoms with van der Waals surface area (Å²) in [4.78, 5) is 16.4. The third-order valence-electron chi connectivity index (χ3n) is 4.96. The van der Waals surface area contributed by atoms with Gasteiger partial charge in [0.25, 0.3) is 5.89 Å². The molecular weight excluding hydrogens is 292 g/mol. The van der Waals surface area contributed by atoms with Crippen molar-refractivity contribution in [2.24, 2.45) is 17.6 Å². The molecule has 1 aromatic heterocycles. The number of carbonyl (C=O) groups excluding carboxylic acids is 1. The molecule has 0 radical (unpaired) electrons. The second-order valence-corrected chi connectivity index (χ2v) is 6.82. The molecule has 120 valence electrons. The van der Waals surface area contributed by atoms with E-state index in [1.807, 2.05) is 24.3 Å². The zero-order valence-electron chi connectivity index (χ0n) is 13.1. The monoisotopic (exact) mass is 312 g/mol. The van der Waals surface area contributed by atoms with Crippen LogP contribution in [0.2, 0.25) is 0 Å². The lowest BCUT2D eigenvalue weighted by Crippen LogP contribution is -2.44. The van der Waals surface area contributed by atoms with Gasteiger partial charge in [0, 0.05) is 17.2 Å². The van der Waals surface area contributed by atoms with Gasteiger partial charge in [0.05, 0.1) is 5.54 Å². The smallest absolute Gasteiger partial charge is 0.257 e. The summed E-state index contributed by atoms with van der Waals surface area (Å²) < 4.78 is 5.33. The number of carbonyl (C=O) groups is 1. The lowest BCUT2D eigenvalue weighted by atomic mass is 9.77. The Hall–Kier alpha value is -2.21. The van der Waals surface area contributed by atoms with Gasteiger partial charge >= 0.3 is 0 Å². The molecule has 0 spiro atoms. The van der Waals surface area contributed by atoms with Gasteiger partial charge in [-0.2, -0.15) is 4.98 Å². The summed E-state index contributed by atoms with van der Waals surface area (Å²) in [6, 6.07) is 7.44. The number of anilines is 1. The van der Waals surface area contributed by atoms with Crippen LogP contribution in [0.1, 0.15) is 38.4 Å². The first-order valence-electron chi connectivity index (χ1n) is 8.09. The van der Waals surface area contributed by atoms with Crippen molar-refractivity contribution >= 4 is 11.6 Å². The van der Waals surface area contributed by atoms with E-state index in [4.69, 9.17) is 10.3 Å². The molecule has 2 fully saturated rings. The minimum atomic E-state index is -0.420. The highest BCUT2D eigenvalue weighted by molar-refractivity contribution is 5.94. The van der Waals surface area contributed by atoms with Crippen molar-refractivity contribution in [1.29, 1.82) is 0 Å².